The van der Waals surface area contributed by atoms with Crippen LogP contribution in [0.2, 0.25) is 0 Å². The summed E-state index contributed by atoms with van der Waals surface area (Å²) in [6, 6.07) is 8.84. The minimum Gasteiger partial charge on any atom is -0.489 e. The molecular weight excluding hydrogens is 222 g/mol. The minimum atomic E-state index is 0.327. The second-order valence-corrected chi connectivity index (χ2v) is 5.22. The van der Waals surface area contributed by atoms with Gasteiger partial charge in [0, 0.05) is 6.04 Å². The lowest BCUT2D eigenvalue weighted by Crippen LogP contribution is -2.42. The molecule has 18 heavy (non-hydrogen) atoms. The van der Waals surface area contributed by atoms with Crippen LogP contribution in [-0.4, -0.2) is 18.7 Å². The van der Waals surface area contributed by atoms with Gasteiger partial charge >= 0.3 is 0 Å². The lowest BCUT2D eigenvalue weighted by molar-refractivity contribution is 0.144. The predicted octanol–water partition coefficient (Wildman–Crippen LogP) is 3.68. The summed E-state index contributed by atoms with van der Waals surface area (Å²) in [5.74, 6) is 1.05. The van der Waals surface area contributed by atoms with E-state index in [0.717, 1.165) is 12.3 Å². The van der Waals surface area contributed by atoms with Gasteiger partial charge in [-0.15, -0.1) is 0 Å². The molecule has 1 fully saturated rings. The first-order valence-corrected chi connectivity index (χ1v) is 7.27. The Labute approximate surface area is 111 Å². The van der Waals surface area contributed by atoms with E-state index in [1.54, 1.807) is 0 Å². The second-order valence-electron chi connectivity index (χ2n) is 5.22. The summed E-state index contributed by atoms with van der Waals surface area (Å²) >= 11 is 0. The first kappa shape index (κ1) is 13.4. The molecule has 2 atom stereocenters. The summed E-state index contributed by atoms with van der Waals surface area (Å²) in [4.78, 5) is 0. The summed E-state index contributed by atoms with van der Waals surface area (Å²) in [5, 5.41) is 3.59. The Morgan fingerprint density at radius 1 is 1.17 bits per heavy atom. The number of rotatable bonds is 4. The van der Waals surface area contributed by atoms with Gasteiger partial charge in [0.05, 0.1) is 0 Å². The fourth-order valence-electron chi connectivity index (χ4n) is 2.76. The summed E-state index contributed by atoms with van der Waals surface area (Å²) in [5.41, 5.74) is 1.23. The SMILES string of the molecule is CCNC1CCCCCC1Oc1ccccc1C. The van der Waals surface area contributed by atoms with Gasteiger partial charge in [0.15, 0.2) is 0 Å². The highest BCUT2D eigenvalue weighted by molar-refractivity contribution is 5.32. The van der Waals surface area contributed by atoms with Crippen LogP contribution < -0.4 is 10.1 Å². The highest BCUT2D eigenvalue weighted by Gasteiger charge is 2.24. The third-order valence-electron chi connectivity index (χ3n) is 3.79. The molecule has 0 aliphatic heterocycles. The van der Waals surface area contributed by atoms with Gasteiger partial charge in [-0.3, -0.25) is 0 Å². The van der Waals surface area contributed by atoms with Crippen molar-refractivity contribution in [1.29, 1.82) is 0 Å². The van der Waals surface area contributed by atoms with Gasteiger partial charge in [-0.2, -0.15) is 0 Å². The summed E-state index contributed by atoms with van der Waals surface area (Å²) in [7, 11) is 0. The molecule has 1 N–H and O–H groups in total. The summed E-state index contributed by atoms with van der Waals surface area (Å²) in [6.45, 7) is 5.32. The average molecular weight is 247 g/mol. The van der Waals surface area contributed by atoms with Crippen LogP contribution in [0, 0.1) is 6.92 Å². The molecule has 1 aromatic rings. The van der Waals surface area contributed by atoms with Gasteiger partial charge in [0.25, 0.3) is 0 Å². The quantitative estimate of drug-likeness (QED) is 0.819. The number of aryl methyl sites for hydroxylation is 1. The zero-order valence-electron chi connectivity index (χ0n) is 11.6. The van der Waals surface area contributed by atoms with Crippen LogP contribution in [0.15, 0.2) is 24.3 Å². The van der Waals surface area contributed by atoms with Gasteiger partial charge in [-0.05, 0) is 44.4 Å². The molecule has 1 aromatic carbocycles. The number of ether oxygens (including phenoxy) is 1. The standard InChI is InChI=1S/C16H25NO/c1-3-17-14-10-5-4-6-12-16(14)18-15-11-8-7-9-13(15)2/h7-9,11,14,16-17H,3-6,10,12H2,1-2H3. The van der Waals surface area contributed by atoms with E-state index in [0.29, 0.717) is 12.1 Å². The van der Waals surface area contributed by atoms with Crippen molar-refractivity contribution in [3.8, 4) is 5.75 Å². The van der Waals surface area contributed by atoms with Crippen molar-refractivity contribution in [2.24, 2.45) is 0 Å². The van der Waals surface area contributed by atoms with Crippen LogP contribution in [0.25, 0.3) is 0 Å². The van der Waals surface area contributed by atoms with E-state index in [-0.39, 0.29) is 0 Å². The Bertz CT molecular complexity index is 364. The molecule has 100 valence electrons. The van der Waals surface area contributed by atoms with Crippen LogP contribution >= 0.6 is 0 Å². The molecule has 0 amide bonds. The van der Waals surface area contributed by atoms with Gasteiger partial charge in [-0.25, -0.2) is 0 Å². The third-order valence-corrected chi connectivity index (χ3v) is 3.79. The predicted molar refractivity (Wildman–Crippen MR) is 76.1 cm³/mol. The van der Waals surface area contributed by atoms with Crippen LogP contribution in [0.1, 0.15) is 44.6 Å². The first-order valence-electron chi connectivity index (χ1n) is 7.27. The molecular formula is C16H25NO. The number of likely N-dealkylation sites (N-methyl/N-ethyl adjacent to an activating group) is 1. The van der Waals surface area contributed by atoms with E-state index >= 15 is 0 Å². The van der Waals surface area contributed by atoms with Crippen molar-refractivity contribution in [3.63, 3.8) is 0 Å². The van der Waals surface area contributed by atoms with Crippen molar-refractivity contribution in [2.75, 3.05) is 6.54 Å². The van der Waals surface area contributed by atoms with Crippen LogP contribution in [0.4, 0.5) is 0 Å². The number of para-hydroxylation sites is 1. The maximum absolute atomic E-state index is 6.27. The average Bonchev–Trinajstić information content (AvgIpc) is 2.59. The Morgan fingerprint density at radius 3 is 2.72 bits per heavy atom. The maximum Gasteiger partial charge on any atom is 0.122 e. The van der Waals surface area contributed by atoms with Gasteiger partial charge in [0.1, 0.15) is 11.9 Å². The number of hydrogen-bond donors (Lipinski definition) is 1. The molecule has 2 nitrogen and oxygen atoms in total. The Kier molecular flexibility index (Phi) is 5.06. The fraction of sp³-hybridized carbons (Fsp3) is 0.625. The molecule has 0 aromatic heterocycles. The number of benzene rings is 1. The second kappa shape index (κ2) is 6.79. The van der Waals surface area contributed by atoms with Crippen molar-refractivity contribution in [1.82, 2.24) is 5.32 Å². The molecule has 2 unspecified atom stereocenters. The Morgan fingerprint density at radius 2 is 1.94 bits per heavy atom. The highest BCUT2D eigenvalue weighted by Crippen LogP contribution is 2.25. The Hall–Kier alpha value is -1.02. The lowest BCUT2D eigenvalue weighted by atomic mass is 10.1. The molecule has 0 heterocycles. The van der Waals surface area contributed by atoms with Crippen molar-refractivity contribution in [3.05, 3.63) is 29.8 Å². The van der Waals surface area contributed by atoms with Crippen LogP contribution in [0.5, 0.6) is 5.75 Å². The smallest absolute Gasteiger partial charge is 0.122 e. The fourth-order valence-corrected chi connectivity index (χ4v) is 2.76. The summed E-state index contributed by atoms with van der Waals surface area (Å²) in [6.07, 6.45) is 6.70. The molecule has 0 bridgehead atoms. The molecule has 1 aliphatic rings. The first-order chi connectivity index (χ1) is 8.81. The lowest BCUT2D eigenvalue weighted by Gasteiger charge is -2.27. The molecule has 0 saturated heterocycles. The van der Waals surface area contributed by atoms with E-state index in [4.69, 9.17) is 4.74 Å². The zero-order chi connectivity index (χ0) is 12.8. The number of hydrogen-bond acceptors (Lipinski definition) is 2. The molecule has 1 aliphatic carbocycles. The van der Waals surface area contributed by atoms with E-state index in [2.05, 4.69) is 43.4 Å². The van der Waals surface area contributed by atoms with Gasteiger partial charge in [0.2, 0.25) is 0 Å². The zero-order valence-corrected chi connectivity index (χ0v) is 11.6. The molecule has 2 heteroatoms. The monoisotopic (exact) mass is 247 g/mol. The number of nitrogens with one attached hydrogen (secondary N) is 1. The Balaban J connectivity index is 2.06. The molecule has 2 rings (SSSR count). The minimum absolute atomic E-state index is 0.327. The molecule has 1 saturated carbocycles. The van der Waals surface area contributed by atoms with Crippen molar-refractivity contribution < 1.29 is 4.74 Å². The van der Waals surface area contributed by atoms with E-state index in [9.17, 15) is 0 Å². The van der Waals surface area contributed by atoms with E-state index in [1.807, 2.05) is 0 Å². The van der Waals surface area contributed by atoms with Gasteiger partial charge < -0.3 is 10.1 Å². The highest BCUT2D eigenvalue weighted by atomic mass is 16.5. The van der Waals surface area contributed by atoms with Crippen molar-refractivity contribution >= 4 is 0 Å². The van der Waals surface area contributed by atoms with E-state index in [1.165, 1.54) is 37.7 Å². The normalized spacial score (nSPS) is 24.6. The van der Waals surface area contributed by atoms with E-state index < -0.39 is 0 Å². The molecule has 0 radical (unpaired) electrons. The summed E-state index contributed by atoms with van der Waals surface area (Å²) < 4.78 is 6.27. The van der Waals surface area contributed by atoms with Crippen molar-refractivity contribution in [2.45, 2.75) is 58.1 Å². The third kappa shape index (κ3) is 3.49. The molecule has 0 spiro atoms. The largest absolute Gasteiger partial charge is 0.489 e. The van der Waals surface area contributed by atoms with Crippen LogP contribution in [-0.2, 0) is 0 Å². The van der Waals surface area contributed by atoms with Crippen LogP contribution in [0.3, 0.4) is 0 Å². The van der Waals surface area contributed by atoms with Gasteiger partial charge in [-0.1, -0.05) is 38.0 Å². The maximum atomic E-state index is 6.27. The topological polar surface area (TPSA) is 21.3 Å².